The lowest BCUT2D eigenvalue weighted by Crippen LogP contribution is -2.45. The third kappa shape index (κ3) is 3.36. The van der Waals surface area contributed by atoms with Crippen molar-refractivity contribution in [3.05, 3.63) is 42.4 Å². The van der Waals surface area contributed by atoms with Crippen LogP contribution in [0.2, 0.25) is 0 Å². The second-order valence-corrected chi connectivity index (χ2v) is 6.67. The van der Waals surface area contributed by atoms with Gasteiger partial charge in [0.25, 0.3) is 0 Å². The topological polar surface area (TPSA) is 90.1 Å². The molecule has 1 fully saturated rings. The Morgan fingerprint density at radius 1 is 1.04 bits per heavy atom. The third-order valence-corrected chi connectivity index (χ3v) is 4.43. The van der Waals surface area contributed by atoms with E-state index in [0.29, 0.717) is 6.54 Å². The number of pyridine rings is 2. The fourth-order valence-corrected chi connectivity index (χ4v) is 3.30. The molecule has 7 nitrogen and oxygen atoms in total. The van der Waals surface area contributed by atoms with Gasteiger partial charge >= 0.3 is 0 Å². The van der Waals surface area contributed by atoms with Gasteiger partial charge in [-0.3, -0.25) is 9.97 Å². The maximum Gasteiger partial charge on any atom is 0.129 e. The van der Waals surface area contributed by atoms with Crippen LogP contribution in [-0.2, 0) is 11.3 Å². The number of hydrogen-bond donors (Lipinski definition) is 1. The normalized spacial score (nSPS) is 20.5. The van der Waals surface area contributed by atoms with Gasteiger partial charge in [-0.15, -0.1) is 0 Å². The number of nitrogens with zero attached hydrogens (tertiary/aromatic N) is 5. The molecule has 0 unspecified atom stereocenters. The first-order valence-corrected chi connectivity index (χ1v) is 8.82. The minimum atomic E-state index is 0.187. The maximum absolute atomic E-state index is 5.81. The van der Waals surface area contributed by atoms with Gasteiger partial charge in [0, 0.05) is 19.6 Å². The number of anilines is 1. The Kier molecular flexibility index (Phi) is 4.48. The van der Waals surface area contributed by atoms with Gasteiger partial charge in [-0.1, -0.05) is 6.07 Å². The number of morpholine rings is 1. The zero-order valence-corrected chi connectivity index (χ0v) is 15.0. The van der Waals surface area contributed by atoms with Crippen LogP contribution >= 0.6 is 0 Å². The molecule has 0 spiro atoms. The van der Waals surface area contributed by atoms with Gasteiger partial charge in [0.1, 0.15) is 17.0 Å². The molecule has 134 valence electrons. The molecule has 0 saturated carbocycles. The van der Waals surface area contributed by atoms with Gasteiger partial charge in [-0.25, -0.2) is 9.97 Å². The highest BCUT2D eigenvalue weighted by molar-refractivity contribution is 5.76. The fourth-order valence-electron chi connectivity index (χ4n) is 3.30. The third-order valence-electron chi connectivity index (χ3n) is 4.43. The van der Waals surface area contributed by atoms with Crippen LogP contribution in [0.15, 0.2) is 36.7 Å². The van der Waals surface area contributed by atoms with Crippen molar-refractivity contribution in [3.8, 4) is 11.4 Å². The second-order valence-electron chi connectivity index (χ2n) is 6.67. The molecular weight excluding hydrogens is 328 g/mol. The average molecular weight is 350 g/mol. The standard InChI is InChI=1S/C19H22N6O/c1-12-10-25(11-13(2)26-12)19-5-3-4-15(24-19)18-9-22-17-8-21-14(7-20)6-16(17)23-18/h3-6,8-9,12-13H,7,10-11,20H2,1-2H3/t12-,13+. The Morgan fingerprint density at radius 3 is 2.62 bits per heavy atom. The number of aromatic nitrogens is 4. The number of rotatable bonds is 3. The molecule has 7 heteroatoms. The first-order valence-electron chi connectivity index (χ1n) is 8.82. The molecule has 3 aromatic heterocycles. The highest BCUT2D eigenvalue weighted by Gasteiger charge is 2.23. The Labute approximate surface area is 152 Å². The highest BCUT2D eigenvalue weighted by atomic mass is 16.5. The van der Waals surface area contributed by atoms with Crippen molar-refractivity contribution in [1.82, 2.24) is 19.9 Å². The van der Waals surface area contributed by atoms with E-state index in [-0.39, 0.29) is 12.2 Å². The van der Waals surface area contributed by atoms with Crippen LogP contribution in [0.1, 0.15) is 19.5 Å². The molecular formula is C19H22N6O. The fraction of sp³-hybridized carbons (Fsp3) is 0.368. The van der Waals surface area contributed by atoms with E-state index in [0.717, 1.165) is 47.0 Å². The molecule has 3 aromatic rings. The molecule has 1 aliphatic rings. The van der Waals surface area contributed by atoms with Gasteiger partial charge in [-0.2, -0.15) is 0 Å². The van der Waals surface area contributed by atoms with Crippen LogP contribution < -0.4 is 10.6 Å². The monoisotopic (exact) mass is 350 g/mol. The molecule has 0 aliphatic carbocycles. The summed E-state index contributed by atoms with van der Waals surface area (Å²) < 4.78 is 5.81. The minimum absolute atomic E-state index is 0.187. The Hall–Kier alpha value is -2.64. The number of fused-ring (bicyclic) bond motifs is 1. The molecule has 0 radical (unpaired) electrons. The van der Waals surface area contributed by atoms with Gasteiger partial charge in [0.15, 0.2) is 0 Å². The SMILES string of the molecule is C[C@@H]1CN(c2cccc(-c3cnc4cnc(CN)cc4n3)n2)C[C@H](C)O1. The highest BCUT2D eigenvalue weighted by Crippen LogP contribution is 2.23. The molecule has 0 bridgehead atoms. The van der Waals surface area contributed by atoms with Crippen LogP contribution in [0.5, 0.6) is 0 Å². The molecule has 4 heterocycles. The smallest absolute Gasteiger partial charge is 0.129 e. The van der Waals surface area contributed by atoms with Crippen LogP contribution in [0.4, 0.5) is 5.82 Å². The summed E-state index contributed by atoms with van der Waals surface area (Å²) >= 11 is 0. The Balaban J connectivity index is 1.68. The van der Waals surface area contributed by atoms with Crippen molar-refractivity contribution < 1.29 is 4.74 Å². The van der Waals surface area contributed by atoms with Crippen LogP contribution in [-0.4, -0.2) is 45.2 Å². The first kappa shape index (κ1) is 16.8. The average Bonchev–Trinajstić information content (AvgIpc) is 2.66. The van der Waals surface area contributed by atoms with Crippen LogP contribution in [0.25, 0.3) is 22.4 Å². The van der Waals surface area contributed by atoms with E-state index in [9.17, 15) is 0 Å². The molecule has 2 atom stereocenters. The van der Waals surface area contributed by atoms with Crippen molar-refractivity contribution in [2.75, 3.05) is 18.0 Å². The predicted molar refractivity (Wildman–Crippen MR) is 101 cm³/mol. The van der Waals surface area contributed by atoms with Crippen molar-refractivity contribution in [3.63, 3.8) is 0 Å². The summed E-state index contributed by atoms with van der Waals surface area (Å²) in [6, 6.07) is 7.87. The largest absolute Gasteiger partial charge is 0.372 e. The van der Waals surface area contributed by atoms with Gasteiger partial charge in [0.05, 0.1) is 41.5 Å². The van der Waals surface area contributed by atoms with E-state index in [1.54, 1.807) is 12.4 Å². The van der Waals surface area contributed by atoms with E-state index in [1.165, 1.54) is 0 Å². The molecule has 1 saturated heterocycles. The summed E-state index contributed by atoms with van der Waals surface area (Å²) in [6.45, 7) is 6.21. The minimum Gasteiger partial charge on any atom is -0.372 e. The molecule has 2 N–H and O–H groups in total. The molecule has 1 aliphatic heterocycles. The number of hydrogen-bond acceptors (Lipinski definition) is 7. The van der Waals surface area contributed by atoms with E-state index < -0.39 is 0 Å². The lowest BCUT2D eigenvalue weighted by Gasteiger charge is -2.36. The van der Waals surface area contributed by atoms with Gasteiger partial charge in [-0.05, 0) is 32.0 Å². The summed E-state index contributed by atoms with van der Waals surface area (Å²) in [4.78, 5) is 20.5. The van der Waals surface area contributed by atoms with Crippen molar-refractivity contribution >= 4 is 16.9 Å². The Morgan fingerprint density at radius 2 is 1.85 bits per heavy atom. The van der Waals surface area contributed by atoms with E-state index in [2.05, 4.69) is 28.7 Å². The summed E-state index contributed by atoms with van der Waals surface area (Å²) in [7, 11) is 0. The van der Waals surface area contributed by atoms with Crippen molar-refractivity contribution in [1.29, 1.82) is 0 Å². The lowest BCUT2D eigenvalue weighted by molar-refractivity contribution is -0.00545. The number of nitrogens with two attached hydrogens (primary N) is 1. The van der Waals surface area contributed by atoms with Gasteiger partial charge < -0.3 is 15.4 Å². The summed E-state index contributed by atoms with van der Waals surface area (Å²) in [6.07, 6.45) is 3.82. The van der Waals surface area contributed by atoms with E-state index in [4.69, 9.17) is 20.4 Å². The molecule has 4 rings (SSSR count). The maximum atomic E-state index is 5.81. The van der Waals surface area contributed by atoms with Crippen molar-refractivity contribution in [2.45, 2.75) is 32.6 Å². The molecule has 0 aromatic carbocycles. The van der Waals surface area contributed by atoms with Crippen LogP contribution in [0.3, 0.4) is 0 Å². The van der Waals surface area contributed by atoms with E-state index >= 15 is 0 Å². The molecule has 26 heavy (non-hydrogen) atoms. The quantitative estimate of drug-likeness (QED) is 0.774. The second kappa shape index (κ2) is 6.93. The number of ether oxygens (including phenoxy) is 1. The Bertz CT molecular complexity index is 921. The van der Waals surface area contributed by atoms with Crippen molar-refractivity contribution in [2.24, 2.45) is 5.73 Å². The summed E-state index contributed by atoms with van der Waals surface area (Å²) in [5.41, 5.74) is 9.53. The zero-order valence-electron chi connectivity index (χ0n) is 15.0. The molecule has 0 amide bonds. The summed E-state index contributed by atoms with van der Waals surface area (Å²) in [5.74, 6) is 0.934. The summed E-state index contributed by atoms with van der Waals surface area (Å²) in [5, 5.41) is 0. The van der Waals surface area contributed by atoms with E-state index in [1.807, 2.05) is 24.3 Å². The van der Waals surface area contributed by atoms with Gasteiger partial charge in [0.2, 0.25) is 0 Å². The predicted octanol–water partition coefficient (Wildman–Crippen LogP) is 2.16. The zero-order chi connectivity index (χ0) is 18.1. The first-order chi connectivity index (χ1) is 12.6. The van der Waals surface area contributed by atoms with Crippen LogP contribution in [0, 0.1) is 0 Å². The lowest BCUT2D eigenvalue weighted by atomic mass is 10.2.